The summed E-state index contributed by atoms with van der Waals surface area (Å²) in [4.78, 5) is 24.1. The predicted octanol–water partition coefficient (Wildman–Crippen LogP) is 0.173. The van der Waals surface area contributed by atoms with E-state index in [2.05, 4.69) is 13.5 Å². The van der Waals surface area contributed by atoms with Crippen molar-refractivity contribution in [3.63, 3.8) is 0 Å². The Labute approximate surface area is 91.2 Å². The highest BCUT2D eigenvalue weighted by atomic mass is 32.1. The van der Waals surface area contributed by atoms with Crippen LogP contribution in [0.2, 0.25) is 0 Å². The van der Waals surface area contributed by atoms with E-state index in [0.717, 1.165) is 11.7 Å². The van der Waals surface area contributed by atoms with Crippen LogP contribution in [0.5, 0.6) is 0 Å². The second kappa shape index (κ2) is 5.40. The number of rotatable bonds is 4. The molecule has 6 nitrogen and oxygen atoms in total. The number of methoxy groups -OCH3 is 1. The first kappa shape index (κ1) is 11.6. The van der Waals surface area contributed by atoms with E-state index < -0.39 is 5.97 Å². The summed E-state index contributed by atoms with van der Waals surface area (Å²) in [5, 5.41) is 0. The van der Waals surface area contributed by atoms with Crippen molar-refractivity contribution in [2.45, 2.75) is 6.92 Å². The second-order valence-corrected chi connectivity index (χ2v) is 3.24. The summed E-state index contributed by atoms with van der Waals surface area (Å²) in [6.07, 6.45) is 1.38. The molecular weight excluding hydrogens is 218 g/mol. The lowest BCUT2D eigenvalue weighted by Gasteiger charge is -2.17. The lowest BCUT2D eigenvalue weighted by molar-refractivity contribution is -0.141. The van der Waals surface area contributed by atoms with Gasteiger partial charge in [-0.2, -0.15) is 8.75 Å². The SMILES string of the molecule is CCN(CC(=O)OC)C(=O)c1cnsn1. The van der Waals surface area contributed by atoms with Crippen LogP contribution in [0.25, 0.3) is 0 Å². The maximum atomic E-state index is 11.7. The number of likely N-dealkylation sites (N-methyl/N-ethyl adjacent to an activating group) is 1. The van der Waals surface area contributed by atoms with Crippen molar-refractivity contribution in [1.82, 2.24) is 13.6 Å². The lowest BCUT2D eigenvalue weighted by Crippen LogP contribution is -2.36. The van der Waals surface area contributed by atoms with Crippen molar-refractivity contribution in [1.29, 1.82) is 0 Å². The molecule has 0 aromatic carbocycles. The van der Waals surface area contributed by atoms with Crippen LogP contribution >= 0.6 is 11.7 Å². The van der Waals surface area contributed by atoms with Gasteiger partial charge < -0.3 is 9.64 Å². The highest BCUT2D eigenvalue weighted by Gasteiger charge is 2.19. The molecule has 1 aromatic rings. The minimum absolute atomic E-state index is 0.0661. The molecule has 0 saturated heterocycles. The van der Waals surface area contributed by atoms with E-state index >= 15 is 0 Å². The quantitative estimate of drug-likeness (QED) is 0.688. The first-order valence-electron chi connectivity index (χ1n) is 4.32. The van der Waals surface area contributed by atoms with Gasteiger partial charge in [-0.15, -0.1) is 0 Å². The molecule has 82 valence electrons. The van der Waals surface area contributed by atoms with Gasteiger partial charge in [0.1, 0.15) is 6.54 Å². The molecule has 0 saturated carbocycles. The molecule has 7 heteroatoms. The van der Waals surface area contributed by atoms with Crippen LogP contribution in [0.4, 0.5) is 0 Å². The first-order valence-corrected chi connectivity index (χ1v) is 5.05. The molecule has 15 heavy (non-hydrogen) atoms. The standard InChI is InChI=1S/C8H11N3O3S/c1-3-11(5-7(12)14-2)8(13)6-4-9-15-10-6/h4H,3,5H2,1-2H3. The molecule has 0 bridgehead atoms. The molecule has 0 fully saturated rings. The Hall–Kier alpha value is -1.50. The highest BCUT2D eigenvalue weighted by molar-refractivity contribution is 6.99. The number of aromatic nitrogens is 2. The number of esters is 1. The van der Waals surface area contributed by atoms with Crippen molar-refractivity contribution in [2.75, 3.05) is 20.2 Å². The van der Waals surface area contributed by atoms with Crippen molar-refractivity contribution < 1.29 is 14.3 Å². The van der Waals surface area contributed by atoms with Crippen molar-refractivity contribution in [2.24, 2.45) is 0 Å². The van der Waals surface area contributed by atoms with Gasteiger partial charge in [-0.3, -0.25) is 9.59 Å². The predicted molar refractivity (Wildman–Crippen MR) is 53.5 cm³/mol. The minimum atomic E-state index is -0.451. The van der Waals surface area contributed by atoms with Crippen molar-refractivity contribution >= 4 is 23.6 Å². The van der Waals surface area contributed by atoms with Gasteiger partial charge in [-0.25, -0.2) is 0 Å². The maximum Gasteiger partial charge on any atom is 0.325 e. The molecule has 0 atom stereocenters. The third-order valence-corrected chi connectivity index (χ3v) is 2.28. The molecular formula is C8H11N3O3S. The average molecular weight is 229 g/mol. The normalized spacial score (nSPS) is 9.73. The zero-order valence-electron chi connectivity index (χ0n) is 8.47. The number of carbonyl (C=O) groups is 2. The third-order valence-electron chi connectivity index (χ3n) is 1.80. The molecule has 0 aliphatic rings. The van der Waals surface area contributed by atoms with Crippen LogP contribution in [-0.4, -0.2) is 45.7 Å². The number of hydrogen-bond acceptors (Lipinski definition) is 6. The monoisotopic (exact) mass is 229 g/mol. The van der Waals surface area contributed by atoms with Crippen LogP contribution < -0.4 is 0 Å². The summed E-state index contributed by atoms with van der Waals surface area (Å²) in [7, 11) is 1.28. The summed E-state index contributed by atoms with van der Waals surface area (Å²) >= 11 is 0.957. The van der Waals surface area contributed by atoms with Gasteiger partial charge in [0.25, 0.3) is 5.91 Å². The molecule has 0 aliphatic carbocycles. The lowest BCUT2D eigenvalue weighted by atomic mass is 10.3. The summed E-state index contributed by atoms with van der Waals surface area (Å²) in [5.74, 6) is -0.759. The van der Waals surface area contributed by atoms with Crippen LogP contribution in [-0.2, 0) is 9.53 Å². The molecule has 0 radical (unpaired) electrons. The Morgan fingerprint density at radius 3 is 2.80 bits per heavy atom. The van der Waals surface area contributed by atoms with Gasteiger partial charge in [0.2, 0.25) is 0 Å². The van der Waals surface area contributed by atoms with Gasteiger partial charge >= 0.3 is 5.97 Å². The van der Waals surface area contributed by atoms with Crippen LogP contribution in [0.1, 0.15) is 17.4 Å². The molecule has 1 aromatic heterocycles. The van der Waals surface area contributed by atoms with Gasteiger partial charge in [-0.1, -0.05) is 0 Å². The number of carbonyl (C=O) groups excluding carboxylic acids is 2. The van der Waals surface area contributed by atoms with Gasteiger partial charge in [-0.05, 0) is 6.92 Å². The Kier molecular flexibility index (Phi) is 4.17. The Balaban J connectivity index is 2.67. The molecule has 1 heterocycles. The van der Waals surface area contributed by atoms with Gasteiger partial charge in [0.15, 0.2) is 5.69 Å². The smallest absolute Gasteiger partial charge is 0.325 e. The zero-order valence-corrected chi connectivity index (χ0v) is 9.28. The van der Waals surface area contributed by atoms with Crippen molar-refractivity contribution in [3.05, 3.63) is 11.9 Å². The molecule has 1 amide bonds. The van der Waals surface area contributed by atoms with E-state index in [-0.39, 0.29) is 18.1 Å². The van der Waals surface area contributed by atoms with E-state index in [4.69, 9.17) is 0 Å². The molecule has 0 N–H and O–H groups in total. The zero-order chi connectivity index (χ0) is 11.3. The Bertz CT molecular complexity index is 339. The summed E-state index contributed by atoms with van der Waals surface area (Å²) in [5.41, 5.74) is 0.255. The number of ether oxygens (including phenoxy) is 1. The maximum absolute atomic E-state index is 11.7. The van der Waals surface area contributed by atoms with Gasteiger partial charge in [0.05, 0.1) is 25.0 Å². The van der Waals surface area contributed by atoms with Gasteiger partial charge in [0, 0.05) is 6.54 Å². The molecule has 0 aliphatic heterocycles. The third kappa shape index (κ3) is 2.98. The minimum Gasteiger partial charge on any atom is -0.468 e. The number of nitrogens with zero attached hydrogens (tertiary/aromatic N) is 3. The number of hydrogen-bond donors (Lipinski definition) is 0. The summed E-state index contributed by atoms with van der Waals surface area (Å²) in [6.45, 7) is 2.13. The van der Waals surface area contributed by atoms with Crippen LogP contribution in [0, 0.1) is 0 Å². The first-order chi connectivity index (χ1) is 7.19. The Morgan fingerprint density at radius 1 is 1.60 bits per heavy atom. The fourth-order valence-corrected chi connectivity index (χ4v) is 1.38. The van der Waals surface area contributed by atoms with E-state index in [1.165, 1.54) is 18.2 Å². The molecule has 1 rings (SSSR count). The highest BCUT2D eigenvalue weighted by Crippen LogP contribution is 2.02. The summed E-state index contributed by atoms with van der Waals surface area (Å²) < 4.78 is 12.0. The fourth-order valence-electron chi connectivity index (χ4n) is 0.968. The largest absolute Gasteiger partial charge is 0.468 e. The molecule has 0 unspecified atom stereocenters. The van der Waals surface area contributed by atoms with E-state index in [9.17, 15) is 9.59 Å². The van der Waals surface area contributed by atoms with E-state index in [1.54, 1.807) is 6.92 Å². The summed E-state index contributed by atoms with van der Waals surface area (Å²) in [6, 6.07) is 0. The van der Waals surface area contributed by atoms with E-state index in [1.807, 2.05) is 0 Å². The van der Waals surface area contributed by atoms with Crippen LogP contribution in [0.15, 0.2) is 6.20 Å². The Morgan fingerprint density at radius 2 is 2.33 bits per heavy atom. The van der Waals surface area contributed by atoms with Crippen LogP contribution in [0.3, 0.4) is 0 Å². The topological polar surface area (TPSA) is 72.4 Å². The number of amides is 1. The molecule has 0 spiro atoms. The second-order valence-electron chi connectivity index (χ2n) is 2.69. The average Bonchev–Trinajstić information content (AvgIpc) is 2.77. The fraction of sp³-hybridized carbons (Fsp3) is 0.500. The van der Waals surface area contributed by atoms with E-state index in [0.29, 0.717) is 6.54 Å². The van der Waals surface area contributed by atoms with Crippen molar-refractivity contribution in [3.8, 4) is 0 Å².